The van der Waals surface area contributed by atoms with Crippen LogP contribution in [0.3, 0.4) is 0 Å². The number of nitrogens with one attached hydrogen (secondary N) is 3. The van der Waals surface area contributed by atoms with Crippen molar-refractivity contribution in [3.63, 3.8) is 0 Å². The highest BCUT2D eigenvalue weighted by molar-refractivity contribution is 6.00. The first-order valence-corrected chi connectivity index (χ1v) is 13.0. The molecule has 2 aromatic carbocycles. The second-order valence-corrected chi connectivity index (χ2v) is 9.57. The molecule has 1 aliphatic rings. The lowest BCUT2D eigenvalue weighted by Crippen LogP contribution is -2.22. The molecule has 2 heterocycles. The van der Waals surface area contributed by atoms with Crippen LogP contribution in [0.2, 0.25) is 0 Å². The summed E-state index contributed by atoms with van der Waals surface area (Å²) in [5, 5.41) is 16.8. The quantitative estimate of drug-likeness (QED) is 0.268. The fourth-order valence-electron chi connectivity index (χ4n) is 4.36. The molecule has 1 aliphatic carbocycles. The van der Waals surface area contributed by atoms with E-state index in [9.17, 15) is 9.59 Å². The van der Waals surface area contributed by atoms with Crippen LogP contribution in [-0.4, -0.2) is 48.2 Å². The van der Waals surface area contributed by atoms with Crippen LogP contribution in [0.15, 0.2) is 72.9 Å². The highest BCUT2D eigenvalue weighted by Crippen LogP contribution is 2.39. The Morgan fingerprint density at radius 1 is 1.00 bits per heavy atom. The molecule has 0 unspecified atom stereocenters. The number of ether oxygens (including phenoxy) is 1. The lowest BCUT2D eigenvalue weighted by molar-refractivity contribution is -0.117. The Morgan fingerprint density at radius 2 is 1.80 bits per heavy atom. The summed E-state index contributed by atoms with van der Waals surface area (Å²) in [6, 6.07) is 21.4. The van der Waals surface area contributed by atoms with Gasteiger partial charge in [0.15, 0.2) is 11.5 Å². The van der Waals surface area contributed by atoms with E-state index < -0.39 is 5.91 Å². The van der Waals surface area contributed by atoms with E-state index in [0.717, 1.165) is 35.3 Å². The largest absolute Gasteiger partial charge is 0.494 e. The highest BCUT2D eigenvalue weighted by atomic mass is 16.5. The monoisotopic (exact) mass is 537 g/mol. The van der Waals surface area contributed by atoms with Crippen molar-refractivity contribution in [3.05, 3.63) is 84.3 Å². The van der Waals surface area contributed by atoms with Crippen LogP contribution in [0, 0.1) is 5.92 Å². The van der Waals surface area contributed by atoms with E-state index in [1.807, 2.05) is 55.6 Å². The standard InChI is InChI=1S/C30H31N7O3/c1-31-30(39)27-25(17-26(35-36-27)34-29(38)20-10-11-20)33-24-9-6-8-23(28(24)40-3)19-12-14-22(15-13-19)37(2)18-21-7-4-5-16-32-21/h4-9,12-17,20H,10-11,18H2,1-3H3,(H,31,39)(H2,33,34,35,38). The Hall–Kier alpha value is -4.99. The van der Waals surface area contributed by atoms with Crippen molar-refractivity contribution in [1.29, 1.82) is 0 Å². The molecule has 0 bridgehead atoms. The molecule has 10 heteroatoms. The molecule has 0 spiro atoms. The second kappa shape index (κ2) is 11.8. The summed E-state index contributed by atoms with van der Waals surface area (Å²) in [5.41, 5.74) is 5.01. The Balaban J connectivity index is 1.41. The number of methoxy groups -OCH3 is 1. The highest BCUT2D eigenvalue weighted by Gasteiger charge is 2.30. The molecule has 10 nitrogen and oxygen atoms in total. The van der Waals surface area contributed by atoms with Crippen LogP contribution in [0.4, 0.5) is 22.9 Å². The second-order valence-electron chi connectivity index (χ2n) is 9.57. The molecular weight excluding hydrogens is 506 g/mol. The number of anilines is 4. The maximum absolute atomic E-state index is 12.5. The van der Waals surface area contributed by atoms with Gasteiger partial charge in [-0.25, -0.2) is 0 Å². The zero-order valence-electron chi connectivity index (χ0n) is 22.6. The summed E-state index contributed by atoms with van der Waals surface area (Å²) >= 11 is 0. The van der Waals surface area contributed by atoms with E-state index in [1.54, 1.807) is 19.4 Å². The number of hydrogen-bond donors (Lipinski definition) is 3. The number of nitrogens with zero attached hydrogens (tertiary/aromatic N) is 4. The molecule has 0 atom stereocenters. The predicted molar refractivity (Wildman–Crippen MR) is 155 cm³/mol. The minimum atomic E-state index is -0.407. The fraction of sp³-hybridized carbons (Fsp3) is 0.233. The maximum Gasteiger partial charge on any atom is 0.273 e. The van der Waals surface area contributed by atoms with Crippen molar-refractivity contribution < 1.29 is 14.3 Å². The van der Waals surface area contributed by atoms with E-state index in [4.69, 9.17) is 4.74 Å². The van der Waals surface area contributed by atoms with Crippen LogP contribution in [0.5, 0.6) is 5.75 Å². The fourth-order valence-corrected chi connectivity index (χ4v) is 4.36. The Morgan fingerprint density at radius 3 is 2.48 bits per heavy atom. The van der Waals surface area contributed by atoms with E-state index in [0.29, 0.717) is 23.7 Å². The van der Waals surface area contributed by atoms with E-state index in [1.165, 1.54) is 7.05 Å². The minimum Gasteiger partial charge on any atom is -0.494 e. The number of rotatable bonds is 10. The smallest absolute Gasteiger partial charge is 0.273 e. The topological polar surface area (TPSA) is 121 Å². The average Bonchev–Trinajstić information content (AvgIpc) is 3.83. The molecule has 1 fully saturated rings. The van der Waals surface area contributed by atoms with E-state index in [2.05, 4.69) is 48.2 Å². The number of aromatic nitrogens is 3. The number of pyridine rings is 1. The van der Waals surface area contributed by atoms with Gasteiger partial charge in [0.25, 0.3) is 5.91 Å². The summed E-state index contributed by atoms with van der Waals surface area (Å²) < 4.78 is 5.83. The first-order chi connectivity index (χ1) is 19.5. The lowest BCUT2D eigenvalue weighted by Gasteiger charge is -2.20. The van der Waals surface area contributed by atoms with E-state index >= 15 is 0 Å². The molecule has 5 rings (SSSR count). The van der Waals surface area contributed by atoms with Gasteiger partial charge < -0.3 is 25.6 Å². The van der Waals surface area contributed by atoms with E-state index in [-0.39, 0.29) is 23.3 Å². The molecule has 0 aliphatic heterocycles. The van der Waals surface area contributed by atoms with Crippen molar-refractivity contribution in [3.8, 4) is 16.9 Å². The van der Waals surface area contributed by atoms with Gasteiger partial charge >= 0.3 is 0 Å². The summed E-state index contributed by atoms with van der Waals surface area (Å²) in [5.74, 6) is 0.375. The van der Waals surface area contributed by atoms with Gasteiger partial charge in [0.2, 0.25) is 5.91 Å². The molecule has 2 amide bonds. The van der Waals surface area contributed by atoms with Crippen LogP contribution in [0.1, 0.15) is 29.0 Å². The normalized spacial score (nSPS) is 12.4. The molecule has 204 valence electrons. The summed E-state index contributed by atoms with van der Waals surface area (Å²) in [6.45, 7) is 0.694. The summed E-state index contributed by atoms with van der Waals surface area (Å²) in [7, 11) is 5.16. The van der Waals surface area contributed by atoms with Crippen molar-refractivity contribution in [2.45, 2.75) is 19.4 Å². The predicted octanol–water partition coefficient (Wildman–Crippen LogP) is 4.64. The van der Waals surface area contributed by atoms with Crippen LogP contribution < -0.4 is 25.6 Å². The Labute approximate surface area is 232 Å². The van der Waals surface area contributed by atoms with Gasteiger partial charge in [-0.3, -0.25) is 14.6 Å². The Bertz CT molecular complexity index is 1510. The SMILES string of the molecule is CNC(=O)c1nnc(NC(=O)C2CC2)cc1Nc1cccc(-c2ccc(N(C)Cc3ccccn3)cc2)c1OC. The molecule has 4 aromatic rings. The van der Waals surface area contributed by atoms with Crippen molar-refractivity contribution in [2.24, 2.45) is 5.92 Å². The minimum absolute atomic E-state index is 0.00906. The van der Waals surface area contributed by atoms with Crippen molar-refractivity contribution in [2.75, 3.05) is 36.7 Å². The Kier molecular flexibility index (Phi) is 7.86. The first kappa shape index (κ1) is 26.6. The number of carbonyl (C=O) groups is 2. The van der Waals surface area contributed by atoms with Crippen LogP contribution >= 0.6 is 0 Å². The molecule has 3 N–H and O–H groups in total. The molecule has 40 heavy (non-hydrogen) atoms. The van der Waals surface area contributed by atoms with Crippen LogP contribution in [0.25, 0.3) is 11.1 Å². The number of amides is 2. The van der Waals surface area contributed by atoms with Gasteiger partial charge in [-0.05, 0) is 48.7 Å². The number of carbonyl (C=O) groups excluding carboxylic acids is 2. The van der Waals surface area contributed by atoms with Crippen LogP contribution in [-0.2, 0) is 11.3 Å². The first-order valence-electron chi connectivity index (χ1n) is 13.0. The molecule has 2 aromatic heterocycles. The lowest BCUT2D eigenvalue weighted by atomic mass is 10.0. The van der Waals surface area contributed by atoms with Gasteiger partial charge in [0.1, 0.15) is 5.75 Å². The van der Waals surface area contributed by atoms with Crippen molar-refractivity contribution >= 4 is 34.7 Å². The van der Waals surface area contributed by atoms with Gasteiger partial charge in [0.05, 0.1) is 30.7 Å². The molecular formula is C30H31N7O3. The summed E-state index contributed by atoms with van der Waals surface area (Å²) in [6.07, 6.45) is 3.53. The van der Waals surface area contributed by atoms with Gasteiger partial charge in [-0.2, -0.15) is 0 Å². The molecule has 0 saturated heterocycles. The third-order valence-electron chi connectivity index (χ3n) is 6.67. The average molecular weight is 538 g/mol. The third kappa shape index (κ3) is 6.01. The number of hydrogen-bond acceptors (Lipinski definition) is 8. The number of benzene rings is 2. The third-order valence-corrected chi connectivity index (χ3v) is 6.67. The van der Waals surface area contributed by atoms with Crippen molar-refractivity contribution in [1.82, 2.24) is 20.5 Å². The molecule has 1 saturated carbocycles. The molecule has 0 radical (unpaired) electrons. The number of para-hydroxylation sites is 1. The summed E-state index contributed by atoms with van der Waals surface area (Å²) in [4.78, 5) is 31.4. The van der Waals surface area contributed by atoms with Gasteiger partial charge in [-0.1, -0.05) is 30.3 Å². The maximum atomic E-state index is 12.5. The van der Waals surface area contributed by atoms with Gasteiger partial charge in [0, 0.05) is 43.5 Å². The zero-order valence-corrected chi connectivity index (χ0v) is 22.6. The van der Waals surface area contributed by atoms with Gasteiger partial charge in [-0.15, -0.1) is 10.2 Å². The zero-order chi connectivity index (χ0) is 28.1.